The molecule has 1 aliphatic rings. The first-order valence-electron chi connectivity index (χ1n) is 8.41. The molecule has 140 valence electrons. The maximum atomic E-state index is 13.3. The van der Waals surface area contributed by atoms with Crippen molar-refractivity contribution < 1.29 is 18.4 Å². The van der Waals surface area contributed by atoms with E-state index in [1.54, 1.807) is 17.1 Å². The van der Waals surface area contributed by atoms with Gasteiger partial charge in [0, 0.05) is 38.8 Å². The number of carbonyl (C=O) groups excluding carboxylic acids is 2. The Morgan fingerprint density at radius 2 is 1.85 bits per heavy atom. The molecule has 1 N–H and O–H groups in total. The molecule has 2 amide bonds. The fourth-order valence-corrected chi connectivity index (χ4v) is 2.92. The monoisotopic (exact) mass is 363 g/mol. The summed E-state index contributed by atoms with van der Waals surface area (Å²) >= 11 is 0. The van der Waals surface area contributed by atoms with E-state index in [4.69, 9.17) is 0 Å². The summed E-state index contributed by atoms with van der Waals surface area (Å²) < 4.78 is 26.7. The Bertz CT molecular complexity index is 663. The van der Waals surface area contributed by atoms with Gasteiger partial charge in [0.05, 0.1) is 12.5 Å². The molecule has 7 heteroatoms. The molecule has 5 nitrogen and oxygen atoms in total. The zero-order valence-corrected chi connectivity index (χ0v) is 14.6. The molecule has 1 fully saturated rings. The van der Waals surface area contributed by atoms with E-state index in [0.717, 1.165) is 6.07 Å². The van der Waals surface area contributed by atoms with Crippen molar-refractivity contribution in [2.45, 2.75) is 19.0 Å². The molecule has 1 aliphatic heterocycles. The number of halogens is 2. The third kappa shape index (κ3) is 5.23. The van der Waals surface area contributed by atoms with E-state index in [-0.39, 0.29) is 24.8 Å². The van der Waals surface area contributed by atoms with Gasteiger partial charge in [-0.2, -0.15) is 0 Å². The number of carbonyl (C=O) groups is 2. The Kier molecular flexibility index (Phi) is 7.03. The summed E-state index contributed by atoms with van der Waals surface area (Å²) in [7, 11) is 0. The van der Waals surface area contributed by atoms with Crippen molar-refractivity contribution in [2.75, 3.05) is 26.2 Å². The van der Waals surface area contributed by atoms with Crippen molar-refractivity contribution >= 4 is 11.8 Å². The lowest BCUT2D eigenvalue weighted by atomic mass is 10.1. The van der Waals surface area contributed by atoms with Crippen LogP contribution in [0.5, 0.6) is 0 Å². The van der Waals surface area contributed by atoms with Gasteiger partial charge in [-0.3, -0.25) is 9.59 Å². The van der Waals surface area contributed by atoms with Gasteiger partial charge in [-0.1, -0.05) is 12.2 Å². The van der Waals surface area contributed by atoms with Crippen LogP contribution in [-0.2, 0) is 16.1 Å². The molecule has 1 atom stereocenters. The van der Waals surface area contributed by atoms with Gasteiger partial charge in [-0.25, -0.2) is 8.78 Å². The highest BCUT2D eigenvalue weighted by molar-refractivity contribution is 5.89. The molecule has 1 unspecified atom stereocenters. The van der Waals surface area contributed by atoms with Gasteiger partial charge >= 0.3 is 0 Å². The summed E-state index contributed by atoms with van der Waals surface area (Å²) in [5, 5.41) is 3.04. The molecule has 0 spiro atoms. The highest BCUT2D eigenvalue weighted by Crippen LogP contribution is 2.14. The second-order valence-electron chi connectivity index (χ2n) is 6.12. The molecule has 0 bridgehead atoms. The third-order valence-electron chi connectivity index (χ3n) is 4.11. The van der Waals surface area contributed by atoms with Gasteiger partial charge in [0.1, 0.15) is 11.6 Å². The zero-order chi connectivity index (χ0) is 19.1. The molecule has 1 aromatic carbocycles. The Labute approximate surface area is 152 Å². The standard InChI is InChI=1S/C19H23F2N3O2/c1-3-6-23(7-4-2)18(25)12-17-19(26)24(8-5-22-17)13-14-9-15(20)11-16(21)10-14/h3-4,9-11,17,22H,1-2,5-8,12-13H2. The van der Waals surface area contributed by atoms with Crippen LogP contribution in [0.4, 0.5) is 8.78 Å². The highest BCUT2D eigenvalue weighted by atomic mass is 19.1. The van der Waals surface area contributed by atoms with Gasteiger partial charge in [0.25, 0.3) is 0 Å². The van der Waals surface area contributed by atoms with E-state index in [1.807, 2.05) is 0 Å². The van der Waals surface area contributed by atoms with Crippen LogP contribution in [0.15, 0.2) is 43.5 Å². The van der Waals surface area contributed by atoms with E-state index >= 15 is 0 Å². The number of hydrogen-bond donors (Lipinski definition) is 1. The molecular formula is C19H23F2N3O2. The first-order chi connectivity index (χ1) is 12.4. The van der Waals surface area contributed by atoms with Crippen LogP contribution in [0.2, 0.25) is 0 Å². The minimum atomic E-state index is -0.682. The number of piperazine rings is 1. The molecule has 2 rings (SSSR count). The second kappa shape index (κ2) is 9.24. The Hall–Kier alpha value is -2.54. The fourth-order valence-electron chi connectivity index (χ4n) is 2.92. The number of nitrogens with one attached hydrogen (secondary N) is 1. The van der Waals surface area contributed by atoms with E-state index in [1.165, 1.54) is 17.0 Å². The average Bonchev–Trinajstić information content (AvgIpc) is 2.57. The highest BCUT2D eigenvalue weighted by Gasteiger charge is 2.31. The summed E-state index contributed by atoms with van der Waals surface area (Å²) in [5.74, 6) is -1.81. The quantitative estimate of drug-likeness (QED) is 0.718. The lowest BCUT2D eigenvalue weighted by Gasteiger charge is -2.34. The average molecular weight is 363 g/mol. The topological polar surface area (TPSA) is 52.7 Å². The van der Waals surface area contributed by atoms with Crippen molar-refractivity contribution in [3.05, 3.63) is 60.7 Å². The van der Waals surface area contributed by atoms with Gasteiger partial charge < -0.3 is 15.1 Å². The van der Waals surface area contributed by atoms with E-state index in [9.17, 15) is 18.4 Å². The number of nitrogens with zero attached hydrogens (tertiary/aromatic N) is 2. The van der Waals surface area contributed by atoms with Gasteiger partial charge in [0.15, 0.2) is 0 Å². The summed E-state index contributed by atoms with van der Waals surface area (Å²) in [6.07, 6.45) is 3.24. The molecule has 0 saturated carbocycles. The van der Waals surface area contributed by atoms with E-state index in [0.29, 0.717) is 31.7 Å². The van der Waals surface area contributed by atoms with Crippen molar-refractivity contribution in [3.63, 3.8) is 0 Å². The van der Waals surface area contributed by atoms with Crippen LogP contribution >= 0.6 is 0 Å². The first-order valence-corrected chi connectivity index (χ1v) is 8.41. The first kappa shape index (κ1) is 19.8. The molecule has 26 heavy (non-hydrogen) atoms. The molecule has 1 heterocycles. The summed E-state index contributed by atoms with van der Waals surface area (Å²) in [5.41, 5.74) is 0.378. The largest absolute Gasteiger partial charge is 0.336 e. The summed E-state index contributed by atoms with van der Waals surface area (Å²) in [6.45, 7) is 9.00. The summed E-state index contributed by atoms with van der Waals surface area (Å²) in [6, 6.07) is 2.54. The number of rotatable bonds is 8. The minimum Gasteiger partial charge on any atom is -0.336 e. The van der Waals surface area contributed by atoms with Crippen LogP contribution in [-0.4, -0.2) is 53.8 Å². The SMILES string of the molecule is C=CCN(CC=C)C(=O)CC1NCCN(Cc2cc(F)cc(F)c2)C1=O. The third-order valence-corrected chi connectivity index (χ3v) is 4.11. The lowest BCUT2D eigenvalue weighted by Crippen LogP contribution is -2.56. The van der Waals surface area contributed by atoms with E-state index < -0.39 is 17.7 Å². The number of hydrogen-bond acceptors (Lipinski definition) is 3. The van der Waals surface area contributed by atoms with Crippen LogP contribution in [0.25, 0.3) is 0 Å². The second-order valence-corrected chi connectivity index (χ2v) is 6.12. The lowest BCUT2D eigenvalue weighted by molar-refractivity contribution is -0.141. The summed E-state index contributed by atoms with van der Waals surface area (Å²) in [4.78, 5) is 28.1. The molecule has 0 aliphatic carbocycles. The maximum Gasteiger partial charge on any atom is 0.240 e. The van der Waals surface area contributed by atoms with Gasteiger partial charge in [0.2, 0.25) is 11.8 Å². The normalized spacial score (nSPS) is 17.1. The zero-order valence-electron chi connectivity index (χ0n) is 14.6. The number of amides is 2. The van der Waals surface area contributed by atoms with Crippen molar-refractivity contribution in [2.24, 2.45) is 0 Å². The van der Waals surface area contributed by atoms with Crippen LogP contribution in [0.1, 0.15) is 12.0 Å². The fraction of sp³-hybridized carbons (Fsp3) is 0.368. The van der Waals surface area contributed by atoms with Crippen LogP contribution in [0, 0.1) is 11.6 Å². The van der Waals surface area contributed by atoms with Crippen molar-refractivity contribution in [3.8, 4) is 0 Å². The Balaban J connectivity index is 2.03. The molecule has 1 saturated heterocycles. The van der Waals surface area contributed by atoms with E-state index in [2.05, 4.69) is 18.5 Å². The predicted octanol–water partition coefficient (Wildman–Crippen LogP) is 1.86. The van der Waals surface area contributed by atoms with Crippen LogP contribution in [0.3, 0.4) is 0 Å². The Morgan fingerprint density at radius 3 is 2.42 bits per heavy atom. The maximum absolute atomic E-state index is 13.3. The molecule has 0 aromatic heterocycles. The predicted molar refractivity (Wildman–Crippen MR) is 95.2 cm³/mol. The van der Waals surface area contributed by atoms with Gasteiger partial charge in [-0.05, 0) is 17.7 Å². The molecular weight excluding hydrogens is 340 g/mol. The minimum absolute atomic E-state index is 0.00846. The van der Waals surface area contributed by atoms with Crippen molar-refractivity contribution in [1.29, 1.82) is 0 Å². The van der Waals surface area contributed by atoms with Crippen molar-refractivity contribution in [1.82, 2.24) is 15.1 Å². The smallest absolute Gasteiger partial charge is 0.240 e. The number of benzene rings is 1. The molecule has 1 aromatic rings. The molecule has 0 radical (unpaired) electrons. The van der Waals surface area contributed by atoms with Crippen LogP contribution < -0.4 is 5.32 Å². The Morgan fingerprint density at radius 1 is 1.23 bits per heavy atom. The van der Waals surface area contributed by atoms with Gasteiger partial charge in [-0.15, -0.1) is 13.2 Å².